The lowest BCUT2D eigenvalue weighted by Gasteiger charge is -2.24. The predicted octanol–water partition coefficient (Wildman–Crippen LogP) is 0.662. The number of methoxy groups -OCH3 is 1. The third-order valence-corrected chi connectivity index (χ3v) is 3.02. The van der Waals surface area contributed by atoms with Crippen molar-refractivity contribution in [3.8, 4) is 5.75 Å². The minimum absolute atomic E-state index is 0.104. The molecular formula is C13H20FNO3. The number of hydrogen-bond acceptors (Lipinski definition) is 4. The Labute approximate surface area is 107 Å². The Hall–Kier alpha value is -1.17. The lowest BCUT2D eigenvalue weighted by atomic mass is 10.1. The molecule has 0 aliphatic heterocycles. The smallest absolute Gasteiger partial charge is 0.123 e. The maximum absolute atomic E-state index is 13.1. The van der Waals surface area contributed by atoms with Crippen LogP contribution in [0.25, 0.3) is 0 Å². The molecule has 0 spiro atoms. The van der Waals surface area contributed by atoms with Gasteiger partial charge in [-0.2, -0.15) is 0 Å². The first kappa shape index (κ1) is 14.9. The first-order valence-corrected chi connectivity index (χ1v) is 5.86. The van der Waals surface area contributed by atoms with Crippen molar-refractivity contribution in [2.45, 2.75) is 12.5 Å². The zero-order valence-corrected chi connectivity index (χ0v) is 10.8. The van der Waals surface area contributed by atoms with Crippen molar-refractivity contribution in [1.82, 2.24) is 4.90 Å². The number of halogens is 1. The zero-order chi connectivity index (χ0) is 13.5. The van der Waals surface area contributed by atoms with Crippen LogP contribution < -0.4 is 4.74 Å². The molecule has 18 heavy (non-hydrogen) atoms. The molecule has 0 unspecified atom stereocenters. The molecule has 2 N–H and O–H groups in total. The van der Waals surface area contributed by atoms with Crippen LogP contribution in [-0.4, -0.2) is 55.1 Å². The van der Waals surface area contributed by atoms with Gasteiger partial charge in [0, 0.05) is 6.54 Å². The van der Waals surface area contributed by atoms with E-state index in [2.05, 4.69) is 0 Å². The van der Waals surface area contributed by atoms with Crippen LogP contribution in [0.1, 0.15) is 5.56 Å². The van der Waals surface area contributed by atoms with Crippen LogP contribution in [0.5, 0.6) is 5.75 Å². The Kier molecular flexibility index (Phi) is 6.04. The second kappa shape index (κ2) is 7.31. The molecule has 0 aromatic heterocycles. The van der Waals surface area contributed by atoms with Crippen molar-refractivity contribution < 1.29 is 19.3 Å². The van der Waals surface area contributed by atoms with E-state index >= 15 is 0 Å². The molecule has 0 aliphatic carbocycles. The molecule has 1 aromatic rings. The first-order valence-electron chi connectivity index (χ1n) is 5.86. The van der Waals surface area contributed by atoms with E-state index in [0.717, 1.165) is 5.56 Å². The molecule has 5 heteroatoms. The molecule has 1 aromatic carbocycles. The summed E-state index contributed by atoms with van der Waals surface area (Å²) in [5.41, 5.74) is 0.777. The van der Waals surface area contributed by atoms with Crippen LogP contribution in [0, 0.1) is 5.82 Å². The number of rotatable bonds is 7. The maximum atomic E-state index is 13.1. The Morgan fingerprint density at radius 2 is 2.00 bits per heavy atom. The molecule has 0 saturated heterocycles. The SMILES string of the molecule is COc1ccc(F)cc1CCN(C)C(CO)CO. The van der Waals surface area contributed by atoms with E-state index in [1.54, 1.807) is 13.2 Å². The fourth-order valence-corrected chi connectivity index (χ4v) is 1.76. The Balaban J connectivity index is 2.65. The van der Waals surface area contributed by atoms with E-state index in [4.69, 9.17) is 14.9 Å². The predicted molar refractivity (Wildman–Crippen MR) is 67.2 cm³/mol. The number of aliphatic hydroxyl groups is 2. The Morgan fingerprint density at radius 3 is 2.56 bits per heavy atom. The maximum Gasteiger partial charge on any atom is 0.123 e. The fraction of sp³-hybridized carbons (Fsp3) is 0.538. The minimum Gasteiger partial charge on any atom is -0.496 e. The van der Waals surface area contributed by atoms with Gasteiger partial charge in [-0.25, -0.2) is 4.39 Å². The summed E-state index contributed by atoms with van der Waals surface area (Å²) in [4.78, 5) is 1.84. The molecule has 0 heterocycles. The van der Waals surface area contributed by atoms with Gasteiger partial charge >= 0.3 is 0 Å². The van der Waals surface area contributed by atoms with Gasteiger partial charge in [-0.15, -0.1) is 0 Å². The standard InChI is InChI=1S/C13H20FNO3/c1-15(12(8-16)9-17)6-5-10-7-11(14)3-4-13(10)18-2/h3-4,7,12,16-17H,5-6,8-9H2,1-2H3. The van der Waals surface area contributed by atoms with Gasteiger partial charge in [0.25, 0.3) is 0 Å². The highest BCUT2D eigenvalue weighted by molar-refractivity contribution is 5.34. The summed E-state index contributed by atoms with van der Waals surface area (Å²) in [6, 6.07) is 4.11. The van der Waals surface area contributed by atoms with Gasteiger partial charge in [0.2, 0.25) is 0 Å². The number of hydrogen-bond donors (Lipinski definition) is 2. The van der Waals surface area contributed by atoms with Crippen LogP contribution in [0.3, 0.4) is 0 Å². The van der Waals surface area contributed by atoms with E-state index in [9.17, 15) is 4.39 Å². The molecule has 0 bridgehead atoms. The minimum atomic E-state index is -0.297. The van der Waals surface area contributed by atoms with Crippen molar-refractivity contribution in [1.29, 1.82) is 0 Å². The van der Waals surface area contributed by atoms with Gasteiger partial charge in [-0.05, 0) is 37.2 Å². The zero-order valence-electron chi connectivity index (χ0n) is 10.8. The summed E-state index contributed by atoms with van der Waals surface area (Å²) in [5, 5.41) is 18.1. The molecule has 0 atom stereocenters. The lowest BCUT2D eigenvalue weighted by Crippen LogP contribution is -2.38. The summed E-state index contributed by atoms with van der Waals surface area (Å²) in [7, 11) is 3.35. The molecule has 102 valence electrons. The summed E-state index contributed by atoms with van der Waals surface area (Å²) in [6.07, 6.45) is 0.591. The van der Waals surface area contributed by atoms with Crippen molar-refractivity contribution in [3.05, 3.63) is 29.6 Å². The van der Waals surface area contributed by atoms with Gasteiger partial charge in [0.15, 0.2) is 0 Å². The van der Waals surface area contributed by atoms with Gasteiger partial charge in [-0.3, -0.25) is 4.90 Å². The van der Waals surface area contributed by atoms with E-state index in [-0.39, 0.29) is 25.1 Å². The number of nitrogens with zero attached hydrogens (tertiary/aromatic N) is 1. The second-order valence-electron chi connectivity index (χ2n) is 4.21. The number of likely N-dealkylation sites (N-methyl/N-ethyl adjacent to an activating group) is 1. The van der Waals surface area contributed by atoms with E-state index in [1.807, 2.05) is 11.9 Å². The molecule has 0 saturated carbocycles. The molecule has 0 fully saturated rings. The highest BCUT2D eigenvalue weighted by Gasteiger charge is 2.13. The third-order valence-electron chi connectivity index (χ3n) is 3.02. The Bertz CT molecular complexity index is 369. The molecule has 0 amide bonds. The molecule has 4 nitrogen and oxygen atoms in total. The third kappa shape index (κ3) is 3.94. The van der Waals surface area contributed by atoms with Gasteiger partial charge in [0.1, 0.15) is 11.6 Å². The van der Waals surface area contributed by atoms with Gasteiger partial charge < -0.3 is 14.9 Å². The van der Waals surface area contributed by atoms with Crippen LogP contribution in [0.2, 0.25) is 0 Å². The molecule has 0 radical (unpaired) electrons. The van der Waals surface area contributed by atoms with Crippen LogP contribution in [0.4, 0.5) is 4.39 Å². The highest BCUT2D eigenvalue weighted by atomic mass is 19.1. The number of benzene rings is 1. The Morgan fingerprint density at radius 1 is 1.33 bits per heavy atom. The lowest BCUT2D eigenvalue weighted by molar-refractivity contribution is 0.0924. The summed E-state index contributed by atoms with van der Waals surface area (Å²) < 4.78 is 18.3. The van der Waals surface area contributed by atoms with Crippen molar-refractivity contribution >= 4 is 0 Å². The van der Waals surface area contributed by atoms with E-state index < -0.39 is 0 Å². The largest absolute Gasteiger partial charge is 0.496 e. The van der Waals surface area contributed by atoms with E-state index in [1.165, 1.54) is 12.1 Å². The van der Waals surface area contributed by atoms with Gasteiger partial charge in [0.05, 0.1) is 26.4 Å². The molecule has 0 aliphatic rings. The summed E-state index contributed by atoms with van der Waals surface area (Å²) in [6.45, 7) is 0.395. The van der Waals surface area contributed by atoms with Crippen molar-refractivity contribution in [2.24, 2.45) is 0 Å². The molecule has 1 rings (SSSR count). The monoisotopic (exact) mass is 257 g/mol. The molecular weight excluding hydrogens is 237 g/mol. The highest BCUT2D eigenvalue weighted by Crippen LogP contribution is 2.20. The number of aliphatic hydroxyl groups excluding tert-OH is 2. The summed E-state index contributed by atoms with van der Waals surface area (Å²) in [5.74, 6) is 0.351. The van der Waals surface area contributed by atoms with Crippen LogP contribution in [-0.2, 0) is 6.42 Å². The average molecular weight is 257 g/mol. The summed E-state index contributed by atoms with van der Waals surface area (Å²) >= 11 is 0. The van der Waals surface area contributed by atoms with Crippen molar-refractivity contribution in [2.75, 3.05) is 33.9 Å². The quantitative estimate of drug-likeness (QED) is 0.753. The van der Waals surface area contributed by atoms with Crippen LogP contribution >= 0.6 is 0 Å². The van der Waals surface area contributed by atoms with Crippen molar-refractivity contribution in [3.63, 3.8) is 0 Å². The first-order chi connectivity index (χ1) is 8.62. The van der Waals surface area contributed by atoms with Crippen LogP contribution in [0.15, 0.2) is 18.2 Å². The fourth-order valence-electron chi connectivity index (χ4n) is 1.76. The second-order valence-corrected chi connectivity index (χ2v) is 4.21. The number of ether oxygens (including phenoxy) is 1. The topological polar surface area (TPSA) is 52.9 Å². The van der Waals surface area contributed by atoms with E-state index in [0.29, 0.717) is 18.7 Å². The normalized spacial score (nSPS) is 11.3. The average Bonchev–Trinajstić information content (AvgIpc) is 2.38. The van der Waals surface area contributed by atoms with Gasteiger partial charge in [-0.1, -0.05) is 0 Å².